The van der Waals surface area contributed by atoms with Crippen molar-refractivity contribution < 1.29 is 19.0 Å². The summed E-state index contributed by atoms with van der Waals surface area (Å²) in [4.78, 5) is 13.3. The molecule has 0 aliphatic carbocycles. The highest BCUT2D eigenvalue weighted by Gasteiger charge is 2.11. The molecular formula is C14H21FN2O3. The fourth-order valence-corrected chi connectivity index (χ4v) is 1.61. The Hall–Kier alpha value is -1.82. The summed E-state index contributed by atoms with van der Waals surface area (Å²) < 4.78 is 18.0. The van der Waals surface area contributed by atoms with E-state index >= 15 is 0 Å². The lowest BCUT2D eigenvalue weighted by molar-refractivity contribution is 0.105. The van der Waals surface area contributed by atoms with Gasteiger partial charge in [-0.15, -0.1) is 0 Å². The number of carbonyl (C=O) groups is 1. The van der Waals surface area contributed by atoms with Gasteiger partial charge in [0.1, 0.15) is 24.3 Å². The molecule has 0 fully saturated rings. The molecule has 6 heteroatoms. The van der Waals surface area contributed by atoms with E-state index in [1.165, 1.54) is 24.3 Å². The maximum Gasteiger partial charge on any atom is 0.317 e. The van der Waals surface area contributed by atoms with Crippen LogP contribution in [0, 0.1) is 5.82 Å². The number of hydrogen-bond acceptors (Lipinski definition) is 3. The molecule has 0 aliphatic heterocycles. The van der Waals surface area contributed by atoms with E-state index in [2.05, 4.69) is 5.32 Å². The van der Waals surface area contributed by atoms with Gasteiger partial charge in [-0.25, -0.2) is 9.18 Å². The predicted octanol–water partition coefficient (Wildman–Crippen LogP) is 1.62. The molecule has 0 spiro atoms. The van der Waals surface area contributed by atoms with Gasteiger partial charge in [0.2, 0.25) is 0 Å². The number of rotatable bonds is 7. The third-order valence-electron chi connectivity index (χ3n) is 2.80. The first-order valence-electron chi connectivity index (χ1n) is 6.66. The number of aliphatic hydroxyl groups is 1. The Morgan fingerprint density at radius 2 is 1.95 bits per heavy atom. The quantitative estimate of drug-likeness (QED) is 0.800. The van der Waals surface area contributed by atoms with Crippen molar-refractivity contribution in [2.24, 2.45) is 0 Å². The lowest BCUT2D eigenvalue weighted by atomic mass is 10.3. The number of amides is 2. The monoisotopic (exact) mass is 284 g/mol. The van der Waals surface area contributed by atoms with Gasteiger partial charge in [-0.1, -0.05) is 0 Å². The third kappa shape index (κ3) is 5.44. The van der Waals surface area contributed by atoms with Crippen molar-refractivity contribution >= 4 is 6.03 Å². The van der Waals surface area contributed by atoms with Crippen LogP contribution >= 0.6 is 0 Å². The number of benzene rings is 1. The van der Waals surface area contributed by atoms with E-state index in [1.54, 1.807) is 4.90 Å². The van der Waals surface area contributed by atoms with Crippen LogP contribution in [0.3, 0.4) is 0 Å². The Morgan fingerprint density at radius 3 is 2.50 bits per heavy atom. The average molecular weight is 284 g/mol. The zero-order chi connectivity index (χ0) is 15.0. The van der Waals surface area contributed by atoms with Gasteiger partial charge >= 0.3 is 6.03 Å². The van der Waals surface area contributed by atoms with Gasteiger partial charge in [-0.3, -0.25) is 0 Å². The van der Waals surface area contributed by atoms with E-state index in [4.69, 9.17) is 4.74 Å². The van der Waals surface area contributed by atoms with Gasteiger partial charge in [0, 0.05) is 19.6 Å². The molecule has 0 heterocycles. The Balaban J connectivity index is 2.28. The number of ether oxygens (including phenoxy) is 1. The highest BCUT2D eigenvalue weighted by Crippen LogP contribution is 2.11. The molecule has 2 amide bonds. The van der Waals surface area contributed by atoms with Crippen molar-refractivity contribution in [1.29, 1.82) is 0 Å². The van der Waals surface area contributed by atoms with Gasteiger partial charge in [-0.2, -0.15) is 0 Å². The minimum atomic E-state index is -0.820. The summed E-state index contributed by atoms with van der Waals surface area (Å²) in [6.45, 7) is 5.14. The zero-order valence-corrected chi connectivity index (χ0v) is 11.8. The Labute approximate surface area is 118 Å². The van der Waals surface area contributed by atoms with Crippen molar-refractivity contribution in [3.05, 3.63) is 30.1 Å². The fourth-order valence-electron chi connectivity index (χ4n) is 1.61. The van der Waals surface area contributed by atoms with Crippen LogP contribution in [-0.4, -0.2) is 48.4 Å². The van der Waals surface area contributed by atoms with Gasteiger partial charge in [0.15, 0.2) is 0 Å². The second-order valence-electron chi connectivity index (χ2n) is 4.28. The molecule has 0 aromatic heterocycles. The SMILES string of the molecule is CCN(CC)C(=O)NCC(O)COc1ccc(F)cc1. The number of nitrogens with zero attached hydrogens (tertiary/aromatic N) is 1. The summed E-state index contributed by atoms with van der Waals surface area (Å²) in [6.07, 6.45) is -0.820. The molecule has 0 saturated carbocycles. The standard InChI is InChI=1S/C14H21FN2O3/c1-3-17(4-2)14(19)16-9-12(18)10-20-13-7-5-11(15)6-8-13/h5-8,12,18H,3-4,9-10H2,1-2H3,(H,16,19). The summed E-state index contributed by atoms with van der Waals surface area (Å²) in [7, 11) is 0. The van der Waals surface area contributed by atoms with Crippen LogP contribution in [0.2, 0.25) is 0 Å². The Morgan fingerprint density at radius 1 is 1.35 bits per heavy atom. The largest absolute Gasteiger partial charge is 0.491 e. The van der Waals surface area contributed by atoms with Gasteiger partial charge in [0.25, 0.3) is 0 Å². The summed E-state index contributed by atoms with van der Waals surface area (Å²) in [6, 6.07) is 5.32. The molecule has 1 aromatic carbocycles. The van der Waals surface area contributed by atoms with Gasteiger partial charge < -0.3 is 20.1 Å². The Bertz CT molecular complexity index is 407. The van der Waals surface area contributed by atoms with Gasteiger partial charge in [-0.05, 0) is 38.1 Å². The number of halogens is 1. The molecule has 1 atom stereocenters. The zero-order valence-electron chi connectivity index (χ0n) is 11.8. The fraction of sp³-hybridized carbons (Fsp3) is 0.500. The summed E-state index contributed by atoms with van der Waals surface area (Å²) in [5.41, 5.74) is 0. The lowest BCUT2D eigenvalue weighted by Gasteiger charge is -2.20. The molecule has 1 rings (SSSR count). The third-order valence-corrected chi connectivity index (χ3v) is 2.80. The van der Waals surface area contributed by atoms with Crippen LogP contribution in [0.1, 0.15) is 13.8 Å². The minimum Gasteiger partial charge on any atom is -0.491 e. The number of hydrogen-bond donors (Lipinski definition) is 2. The van der Waals surface area contributed by atoms with E-state index < -0.39 is 6.10 Å². The van der Waals surface area contributed by atoms with Crippen LogP contribution in [0.15, 0.2) is 24.3 Å². The summed E-state index contributed by atoms with van der Waals surface area (Å²) in [5, 5.41) is 12.3. The van der Waals surface area contributed by atoms with E-state index in [0.717, 1.165) is 0 Å². The molecule has 2 N–H and O–H groups in total. The van der Waals surface area contributed by atoms with Crippen molar-refractivity contribution in [3.63, 3.8) is 0 Å². The van der Waals surface area contributed by atoms with Crippen LogP contribution in [0.5, 0.6) is 5.75 Å². The van der Waals surface area contributed by atoms with Gasteiger partial charge in [0.05, 0.1) is 0 Å². The molecule has 5 nitrogen and oxygen atoms in total. The van der Waals surface area contributed by atoms with E-state index in [-0.39, 0.29) is 25.0 Å². The minimum absolute atomic E-state index is 0.0319. The number of aliphatic hydroxyl groups excluding tert-OH is 1. The molecular weight excluding hydrogens is 263 g/mol. The second kappa shape index (κ2) is 8.37. The highest BCUT2D eigenvalue weighted by molar-refractivity contribution is 5.74. The Kier molecular flexibility index (Phi) is 6.79. The van der Waals surface area contributed by atoms with Crippen LogP contribution in [0.4, 0.5) is 9.18 Å². The molecule has 20 heavy (non-hydrogen) atoms. The van der Waals surface area contributed by atoms with E-state index in [1.807, 2.05) is 13.8 Å². The van der Waals surface area contributed by atoms with Crippen molar-refractivity contribution in [2.75, 3.05) is 26.2 Å². The molecule has 0 bridgehead atoms. The van der Waals surface area contributed by atoms with Crippen molar-refractivity contribution in [1.82, 2.24) is 10.2 Å². The number of carbonyl (C=O) groups excluding carboxylic acids is 1. The predicted molar refractivity (Wildman–Crippen MR) is 74.2 cm³/mol. The normalized spacial score (nSPS) is 11.8. The molecule has 0 saturated heterocycles. The first-order chi connectivity index (χ1) is 9.56. The maximum atomic E-state index is 12.7. The molecule has 112 valence electrons. The second-order valence-corrected chi connectivity index (χ2v) is 4.28. The summed E-state index contributed by atoms with van der Waals surface area (Å²) in [5.74, 6) is 0.130. The van der Waals surface area contributed by atoms with Crippen LogP contribution < -0.4 is 10.1 Å². The van der Waals surface area contributed by atoms with E-state index in [9.17, 15) is 14.3 Å². The molecule has 0 radical (unpaired) electrons. The maximum absolute atomic E-state index is 12.7. The first-order valence-corrected chi connectivity index (χ1v) is 6.66. The molecule has 0 aliphatic rings. The first kappa shape index (κ1) is 16.2. The van der Waals surface area contributed by atoms with Crippen molar-refractivity contribution in [3.8, 4) is 5.75 Å². The van der Waals surface area contributed by atoms with Crippen molar-refractivity contribution in [2.45, 2.75) is 20.0 Å². The smallest absolute Gasteiger partial charge is 0.317 e. The molecule has 1 aromatic rings. The number of urea groups is 1. The highest BCUT2D eigenvalue weighted by atomic mass is 19.1. The lowest BCUT2D eigenvalue weighted by Crippen LogP contribution is -2.43. The molecule has 1 unspecified atom stereocenters. The average Bonchev–Trinajstić information content (AvgIpc) is 2.45. The summed E-state index contributed by atoms with van der Waals surface area (Å²) >= 11 is 0. The topological polar surface area (TPSA) is 61.8 Å². The van der Waals surface area contributed by atoms with E-state index in [0.29, 0.717) is 18.8 Å². The number of nitrogens with one attached hydrogen (secondary N) is 1. The van der Waals surface area contributed by atoms with Crippen LogP contribution in [-0.2, 0) is 0 Å². The van der Waals surface area contributed by atoms with Crippen LogP contribution in [0.25, 0.3) is 0 Å².